The molecule has 2 rings (SSSR count). The summed E-state index contributed by atoms with van der Waals surface area (Å²) in [6, 6.07) is 5.57. The van der Waals surface area contributed by atoms with Crippen LogP contribution < -0.4 is 10.6 Å². The first-order valence-electron chi connectivity index (χ1n) is 6.71. The van der Waals surface area contributed by atoms with E-state index in [1.165, 1.54) is 0 Å². The Morgan fingerprint density at radius 3 is 3.10 bits per heavy atom. The van der Waals surface area contributed by atoms with Crippen LogP contribution >= 0.6 is 11.6 Å². The average Bonchev–Trinajstić information content (AvgIpc) is 2.43. The molecule has 3 N–H and O–H groups in total. The van der Waals surface area contributed by atoms with Gasteiger partial charge in [-0.25, -0.2) is 0 Å². The van der Waals surface area contributed by atoms with Gasteiger partial charge in [0.1, 0.15) is 0 Å². The summed E-state index contributed by atoms with van der Waals surface area (Å²) < 4.78 is 0. The van der Waals surface area contributed by atoms with Crippen molar-refractivity contribution in [3.8, 4) is 0 Å². The van der Waals surface area contributed by atoms with E-state index in [1.807, 2.05) is 24.0 Å². The maximum Gasteiger partial charge on any atom is 0.238 e. The molecule has 1 amide bonds. The molecule has 1 atom stereocenters. The predicted molar refractivity (Wildman–Crippen MR) is 80.1 cm³/mol. The highest BCUT2D eigenvalue weighted by atomic mass is 35.5. The van der Waals surface area contributed by atoms with Gasteiger partial charge in [-0.1, -0.05) is 23.7 Å². The Kier molecular flexibility index (Phi) is 5.37. The topological polar surface area (TPSA) is 64.6 Å². The third-order valence-electron chi connectivity index (χ3n) is 3.41. The fraction of sp³-hybridized carbons (Fsp3) is 0.500. The highest BCUT2D eigenvalue weighted by Crippen LogP contribution is 2.25. The van der Waals surface area contributed by atoms with Crippen molar-refractivity contribution in [3.63, 3.8) is 0 Å². The second-order valence-corrected chi connectivity index (χ2v) is 5.46. The number of anilines is 1. The van der Waals surface area contributed by atoms with E-state index in [0.29, 0.717) is 23.8 Å². The molecule has 1 aromatic rings. The Bertz CT molecular complexity index is 461. The highest BCUT2D eigenvalue weighted by molar-refractivity contribution is 6.33. The molecule has 1 unspecified atom stereocenters. The van der Waals surface area contributed by atoms with Crippen LogP contribution in [0.3, 0.4) is 0 Å². The number of piperazine rings is 1. The Hall–Kier alpha value is -1.14. The molecule has 0 aromatic heterocycles. The lowest BCUT2D eigenvalue weighted by Crippen LogP contribution is -2.53. The summed E-state index contributed by atoms with van der Waals surface area (Å²) in [5.41, 5.74) is 1.62. The van der Waals surface area contributed by atoms with E-state index in [0.717, 1.165) is 18.7 Å². The van der Waals surface area contributed by atoms with Gasteiger partial charge < -0.3 is 15.7 Å². The molecule has 6 heteroatoms. The number of para-hydroxylation sites is 1. The zero-order chi connectivity index (χ0) is 14.5. The number of halogens is 1. The zero-order valence-electron chi connectivity index (χ0n) is 11.5. The summed E-state index contributed by atoms with van der Waals surface area (Å²) in [4.78, 5) is 14.1. The van der Waals surface area contributed by atoms with Crippen LogP contribution in [0.4, 0.5) is 5.69 Å². The lowest BCUT2D eigenvalue weighted by atomic mass is 10.2. The van der Waals surface area contributed by atoms with Gasteiger partial charge in [-0.3, -0.25) is 9.69 Å². The predicted octanol–water partition coefficient (Wildman–Crippen LogP) is 0.853. The van der Waals surface area contributed by atoms with Gasteiger partial charge in [0.05, 0.1) is 23.9 Å². The second kappa shape index (κ2) is 7.04. The number of carbonyl (C=O) groups is 1. The molecule has 0 radical (unpaired) electrons. The maximum absolute atomic E-state index is 12.1. The third-order valence-corrected chi connectivity index (χ3v) is 3.73. The van der Waals surface area contributed by atoms with Gasteiger partial charge in [0.25, 0.3) is 0 Å². The van der Waals surface area contributed by atoms with E-state index in [9.17, 15) is 4.79 Å². The number of nitrogens with one attached hydrogen (secondary N) is 2. The number of amides is 1. The van der Waals surface area contributed by atoms with E-state index in [-0.39, 0.29) is 18.6 Å². The molecule has 1 fully saturated rings. The molecule has 5 nitrogen and oxygen atoms in total. The Morgan fingerprint density at radius 2 is 2.40 bits per heavy atom. The maximum atomic E-state index is 12.1. The molecule has 20 heavy (non-hydrogen) atoms. The minimum atomic E-state index is -0.0835. The van der Waals surface area contributed by atoms with Gasteiger partial charge in [-0.05, 0) is 18.6 Å². The SMILES string of the molecule is Cc1cccc(Cl)c1NC(=O)CN1CCNC(CO)C1. The first kappa shape index (κ1) is 15.3. The van der Waals surface area contributed by atoms with Crippen molar-refractivity contribution in [2.24, 2.45) is 0 Å². The van der Waals surface area contributed by atoms with Crippen molar-refractivity contribution in [2.45, 2.75) is 13.0 Å². The molecule has 110 valence electrons. The van der Waals surface area contributed by atoms with Crippen molar-refractivity contribution in [2.75, 3.05) is 38.1 Å². The number of carbonyl (C=O) groups excluding carboxylic acids is 1. The molecule has 1 saturated heterocycles. The first-order valence-corrected chi connectivity index (χ1v) is 7.09. The number of aliphatic hydroxyl groups is 1. The lowest BCUT2D eigenvalue weighted by Gasteiger charge is -2.32. The van der Waals surface area contributed by atoms with Gasteiger partial charge >= 0.3 is 0 Å². The van der Waals surface area contributed by atoms with E-state index >= 15 is 0 Å². The number of aryl methyl sites for hydroxylation is 1. The standard InChI is InChI=1S/C14H20ClN3O2/c1-10-3-2-4-12(15)14(10)17-13(20)8-18-6-5-16-11(7-18)9-19/h2-4,11,16,19H,5-9H2,1H3,(H,17,20). The van der Waals surface area contributed by atoms with Gasteiger partial charge in [0.15, 0.2) is 0 Å². The molecule has 0 bridgehead atoms. The minimum absolute atomic E-state index is 0.0404. The molecule has 1 aliphatic rings. The van der Waals surface area contributed by atoms with Gasteiger partial charge in [0, 0.05) is 25.7 Å². The summed E-state index contributed by atoms with van der Waals surface area (Å²) in [7, 11) is 0. The lowest BCUT2D eigenvalue weighted by molar-refractivity contribution is -0.117. The molecule has 0 saturated carbocycles. The fourth-order valence-corrected chi connectivity index (χ4v) is 2.60. The van der Waals surface area contributed by atoms with Gasteiger partial charge in [-0.2, -0.15) is 0 Å². The van der Waals surface area contributed by atoms with E-state index < -0.39 is 0 Å². The van der Waals surface area contributed by atoms with Crippen molar-refractivity contribution in [1.82, 2.24) is 10.2 Å². The molecular formula is C14H20ClN3O2. The molecule has 1 aromatic carbocycles. The minimum Gasteiger partial charge on any atom is -0.395 e. The van der Waals surface area contributed by atoms with Crippen LogP contribution in [-0.2, 0) is 4.79 Å². The third kappa shape index (κ3) is 3.93. The number of hydrogen-bond acceptors (Lipinski definition) is 4. The normalized spacial score (nSPS) is 19.9. The molecular weight excluding hydrogens is 278 g/mol. The second-order valence-electron chi connectivity index (χ2n) is 5.05. The summed E-state index contributed by atoms with van der Waals surface area (Å²) >= 11 is 6.09. The van der Waals surface area contributed by atoms with Crippen LogP contribution in [0.15, 0.2) is 18.2 Å². The van der Waals surface area contributed by atoms with Gasteiger partial charge in [0.2, 0.25) is 5.91 Å². The summed E-state index contributed by atoms with van der Waals surface area (Å²) in [5.74, 6) is -0.0835. The number of hydrogen-bond donors (Lipinski definition) is 3. The smallest absolute Gasteiger partial charge is 0.238 e. The Labute approximate surface area is 123 Å². The zero-order valence-corrected chi connectivity index (χ0v) is 12.3. The van der Waals surface area contributed by atoms with Crippen LogP contribution in [0, 0.1) is 6.92 Å². The molecule has 1 heterocycles. The molecule has 0 aliphatic carbocycles. The number of nitrogens with zero attached hydrogens (tertiary/aromatic N) is 1. The van der Waals surface area contributed by atoms with Crippen LogP contribution in [0.2, 0.25) is 5.02 Å². The summed E-state index contributed by atoms with van der Waals surface area (Å²) in [5, 5.41) is 15.8. The Morgan fingerprint density at radius 1 is 1.60 bits per heavy atom. The van der Waals surface area contributed by atoms with Crippen LogP contribution in [-0.4, -0.2) is 54.7 Å². The molecule has 1 aliphatic heterocycles. The summed E-state index contributed by atoms with van der Waals surface area (Å²) in [6.07, 6.45) is 0. The van der Waals surface area contributed by atoms with Crippen molar-refractivity contribution < 1.29 is 9.90 Å². The first-order chi connectivity index (χ1) is 9.60. The van der Waals surface area contributed by atoms with E-state index in [2.05, 4.69) is 10.6 Å². The Balaban J connectivity index is 1.92. The number of rotatable bonds is 4. The molecule has 0 spiro atoms. The van der Waals surface area contributed by atoms with Crippen LogP contribution in [0.1, 0.15) is 5.56 Å². The quantitative estimate of drug-likeness (QED) is 0.771. The van der Waals surface area contributed by atoms with Crippen molar-refractivity contribution in [3.05, 3.63) is 28.8 Å². The average molecular weight is 298 g/mol. The summed E-state index contributed by atoms with van der Waals surface area (Å²) in [6.45, 7) is 4.55. The number of aliphatic hydroxyl groups excluding tert-OH is 1. The monoisotopic (exact) mass is 297 g/mol. The van der Waals surface area contributed by atoms with Crippen LogP contribution in [0.25, 0.3) is 0 Å². The van der Waals surface area contributed by atoms with Crippen LogP contribution in [0.5, 0.6) is 0 Å². The van der Waals surface area contributed by atoms with E-state index in [4.69, 9.17) is 16.7 Å². The largest absolute Gasteiger partial charge is 0.395 e. The van der Waals surface area contributed by atoms with Gasteiger partial charge in [-0.15, -0.1) is 0 Å². The highest BCUT2D eigenvalue weighted by Gasteiger charge is 2.20. The fourth-order valence-electron chi connectivity index (χ4n) is 2.33. The van der Waals surface area contributed by atoms with Crippen molar-refractivity contribution in [1.29, 1.82) is 0 Å². The van der Waals surface area contributed by atoms with Crippen molar-refractivity contribution >= 4 is 23.2 Å². The number of benzene rings is 1. The van der Waals surface area contributed by atoms with E-state index in [1.54, 1.807) is 6.07 Å².